The monoisotopic (exact) mass is 295 g/mol. The second-order valence-corrected chi connectivity index (χ2v) is 5.80. The molecule has 1 unspecified atom stereocenters. The number of carbonyl (C=O) groups excluding carboxylic acids is 1. The maximum atomic E-state index is 12.6. The van der Waals surface area contributed by atoms with Gasteiger partial charge in [-0.3, -0.25) is 4.79 Å². The number of likely N-dealkylation sites (tertiary alicyclic amines) is 1. The summed E-state index contributed by atoms with van der Waals surface area (Å²) in [6.45, 7) is 3.64. The lowest BCUT2D eigenvalue weighted by Crippen LogP contribution is -2.40. The minimum absolute atomic E-state index is 0.0996. The maximum Gasteiger partial charge on any atom is 0.253 e. The van der Waals surface area contributed by atoms with Crippen LogP contribution in [0.25, 0.3) is 0 Å². The molecule has 1 aliphatic rings. The van der Waals surface area contributed by atoms with Crippen molar-refractivity contribution in [3.63, 3.8) is 0 Å². The van der Waals surface area contributed by atoms with Crippen LogP contribution in [-0.4, -0.2) is 36.9 Å². The number of aryl methyl sites for hydroxylation is 1. The van der Waals surface area contributed by atoms with Gasteiger partial charge in [0, 0.05) is 24.5 Å². The van der Waals surface area contributed by atoms with Crippen molar-refractivity contribution in [1.29, 1.82) is 0 Å². The lowest BCUT2D eigenvalue weighted by molar-refractivity contribution is 0.0671. The summed E-state index contributed by atoms with van der Waals surface area (Å²) in [5, 5.41) is 0. The smallest absolute Gasteiger partial charge is 0.253 e. The van der Waals surface area contributed by atoms with Gasteiger partial charge in [-0.1, -0.05) is 6.07 Å². The summed E-state index contributed by atoms with van der Waals surface area (Å²) in [5.74, 6) is 2.08. The zero-order chi connectivity index (χ0) is 14.5. The Morgan fingerprint density at radius 3 is 3.00 bits per heavy atom. The Hall–Kier alpha value is -1.22. The summed E-state index contributed by atoms with van der Waals surface area (Å²) in [7, 11) is 1.63. The average Bonchev–Trinajstić information content (AvgIpc) is 2.48. The minimum Gasteiger partial charge on any atom is -0.496 e. The van der Waals surface area contributed by atoms with E-state index in [1.165, 1.54) is 6.42 Å². The highest BCUT2D eigenvalue weighted by atomic mass is 35.5. The molecule has 0 bridgehead atoms. The van der Waals surface area contributed by atoms with Gasteiger partial charge in [-0.2, -0.15) is 0 Å². The van der Waals surface area contributed by atoms with Gasteiger partial charge in [-0.05, 0) is 49.8 Å². The van der Waals surface area contributed by atoms with Crippen LogP contribution >= 0.6 is 11.6 Å². The number of rotatable bonds is 4. The third-order valence-electron chi connectivity index (χ3n) is 3.98. The summed E-state index contributed by atoms with van der Waals surface area (Å²) < 4.78 is 5.29. The number of amides is 1. The molecule has 2 rings (SSSR count). The van der Waals surface area contributed by atoms with Crippen molar-refractivity contribution in [2.24, 2.45) is 5.92 Å². The van der Waals surface area contributed by atoms with Crippen LogP contribution in [0.1, 0.15) is 35.2 Å². The molecule has 1 fully saturated rings. The number of methoxy groups -OCH3 is 1. The first-order valence-corrected chi connectivity index (χ1v) is 7.69. The lowest BCUT2D eigenvalue weighted by Gasteiger charge is -2.32. The van der Waals surface area contributed by atoms with Crippen molar-refractivity contribution in [3.8, 4) is 5.75 Å². The lowest BCUT2D eigenvalue weighted by atomic mass is 9.95. The van der Waals surface area contributed by atoms with Gasteiger partial charge in [0.15, 0.2) is 0 Å². The van der Waals surface area contributed by atoms with Gasteiger partial charge in [0.25, 0.3) is 5.91 Å². The molecule has 1 heterocycles. The topological polar surface area (TPSA) is 29.5 Å². The van der Waals surface area contributed by atoms with Crippen LogP contribution in [-0.2, 0) is 0 Å². The fourth-order valence-electron chi connectivity index (χ4n) is 2.78. The second-order valence-electron chi connectivity index (χ2n) is 5.42. The molecular formula is C16H22ClNO2. The standard InChI is InChI=1S/C16H22ClNO2/c1-12-5-6-14(10-15(12)20-2)16(19)18-9-3-4-13(11-18)7-8-17/h5-6,10,13H,3-4,7-9,11H2,1-2H3. The predicted molar refractivity (Wildman–Crippen MR) is 81.7 cm³/mol. The molecule has 0 aliphatic carbocycles. The van der Waals surface area contributed by atoms with Gasteiger partial charge in [0.2, 0.25) is 0 Å². The molecule has 1 aliphatic heterocycles. The Bertz CT molecular complexity index is 474. The van der Waals surface area contributed by atoms with Gasteiger partial charge in [0.1, 0.15) is 5.75 Å². The number of benzene rings is 1. The van der Waals surface area contributed by atoms with Crippen LogP contribution in [0, 0.1) is 12.8 Å². The van der Waals surface area contributed by atoms with E-state index in [0.717, 1.165) is 37.2 Å². The number of nitrogens with zero attached hydrogens (tertiary/aromatic N) is 1. The van der Waals surface area contributed by atoms with Crippen molar-refractivity contribution in [1.82, 2.24) is 4.90 Å². The Labute approximate surface area is 125 Å². The minimum atomic E-state index is 0.0996. The maximum absolute atomic E-state index is 12.6. The van der Waals surface area contributed by atoms with E-state index in [-0.39, 0.29) is 5.91 Å². The highest BCUT2D eigenvalue weighted by Gasteiger charge is 2.24. The van der Waals surface area contributed by atoms with E-state index in [4.69, 9.17) is 16.3 Å². The number of carbonyl (C=O) groups is 1. The van der Waals surface area contributed by atoms with E-state index in [2.05, 4.69) is 0 Å². The van der Waals surface area contributed by atoms with E-state index < -0.39 is 0 Å². The predicted octanol–water partition coefficient (Wildman–Crippen LogP) is 3.48. The fourth-order valence-corrected chi connectivity index (χ4v) is 3.08. The number of hydrogen-bond donors (Lipinski definition) is 0. The average molecular weight is 296 g/mol. The molecular weight excluding hydrogens is 274 g/mol. The SMILES string of the molecule is COc1cc(C(=O)N2CCCC(CCCl)C2)ccc1C. The van der Waals surface area contributed by atoms with E-state index in [1.54, 1.807) is 7.11 Å². The quantitative estimate of drug-likeness (QED) is 0.796. The van der Waals surface area contributed by atoms with Gasteiger partial charge < -0.3 is 9.64 Å². The van der Waals surface area contributed by atoms with Crippen LogP contribution in [0.3, 0.4) is 0 Å². The number of hydrogen-bond acceptors (Lipinski definition) is 2. The Kier molecular flexibility index (Phi) is 5.30. The molecule has 4 heteroatoms. The van der Waals surface area contributed by atoms with Crippen LogP contribution in [0.2, 0.25) is 0 Å². The van der Waals surface area contributed by atoms with Gasteiger partial charge in [-0.25, -0.2) is 0 Å². The van der Waals surface area contributed by atoms with Crippen molar-refractivity contribution in [2.75, 3.05) is 26.1 Å². The molecule has 3 nitrogen and oxygen atoms in total. The largest absolute Gasteiger partial charge is 0.496 e. The highest BCUT2D eigenvalue weighted by molar-refractivity contribution is 6.17. The van der Waals surface area contributed by atoms with E-state index >= 15 is 0 Å². The first kappa shape index (κ1) is 15.2. The Balaban J connectivity index is 2.10. The normalized spacial score (nSPS) is 18.9. The number of ether oxygens (including phenoxy) is 1. The van der Waals surface area contributed by atoms with Crippen LogP contribution in [0.5, 0.6) is 5.75 Å². The fraction of sp³-hybridized carbons (Fsp3) is 0.562. The third kappa shape index (κ3) is 3.45. The highest BCUT2D eigenvalue weighted by Crippen LogP contribution is 2.24. The molecule has 0 aromatic heterocycles. The zero-order valence-corrected chi connectivity index (χ0v) is 12.9. The van der Waals surface area contributed by atoms with Gasteiger partial charge >= 0.3 is 0 Å². The molecule has 1 aromatic rings. The second kappa shape index (κ2) is 6.98. The van der Waals surface area contributed by atoms with Crippen LogP contribution in [0.15, 0.2) is 18.2 Å². The van der Waals surface area contributed by atoms with Crippen molar-refractivity contribution in [2.45, 2.75) is 26.2 Å². The molecule has 0 spiro atoms. The van der Waals surface area contributed by atoms with Crippen molar-refractivity contribution >= 4 is 17.5 Å². The van der Waals surface area contributed by atoms with Crippen molar-refractivity contribution in [3.05, 3.63) is 29.3 Å². The van der Waals surface area contributed by atoms with E-state index in [0.29, 0.717) is 17.4 Å². The Morgan fingerprint density at radius 2 is 2.30 bits per heavy atom. The number of alkyl halides is 1. The summed E-state index contributed by atoms with van der Waals surface area (Å²) in [6.07, 6.45) is 3.23. The third-order valence-corrected chi connectivity index (χ3v) is 4.20. The molecule has 1 saturated heterocycles. The summed E-state index contributed by atoms with van der Waals surface area (Å²) in [6, 6.07) is 5.65. The summed E-state index contributed by atoms with van der Waals surface area (Å²) >= 11 is 5.82. The summed E-state index contributed by atoms with van der Waals surface area (Å²) in [5.41, 5.74) is 1.75. The molecule has 0 saturated carbocycles. The van der Waals surface area contributed by atoms with E-state index in [1.807, 2.05) is 30.0 Å². The molecule has 1 amide bonds. The van der Waals surface area contributed by atoms with Gasteiger partial charge in [0.05, 0.1) is 7.11 Å². The first-order valence-electron chi connectivity index (χ1n) is 7.15. The molecule has 1 atom stereocenters. The molecule has 20 heavy (non-hydrogen) atoms. The van der Waals surface area contributed by atoms with E-state index in [9.17, 15) is 4.79 Å². The van der Waals surface area contributed by atoms with Gasteiger partial charge in [-0.15, -0.1) is 11.6 Å². The number of halogens is 1. The summed E-state index contributed by atoms with van der Waals surface area (Å²) in [4.78, 5) is 14.5. The molecule has 0 N–H and O–H groups in total. The number of piperidine rings is 1. The van der Waals surface area contributed by atoms with Crippen LogP contribution in [0.4, 0.5) is 0 Å². The zero-order valence-electron chi connectivity index (χ0n) is 12.2. The van der Waals surface area contributed by atoms with Crippen LogP contribution < -0.4 is 4.74 Å². The Morgan fingerprint density at radius 1 is 1.50 bits per heavy atom. The first-order chi connectivity index (χ1) is 9.65. The molecule has 0 radical (unpaired) electrons. The molecule has 110 valence electrons. The van der Waals surface area contributed by atoms with Crippen molar-refractivity contribution < 1.29 is 9.53 Å². The molecule has 1 aromatic carbocycles.